The van der Waals surface area contributed by atoms with Gasteiger partial charge in [0.25, 0.3) is 10.0 Å². The molecule has 1 N–H and O–H groups in total. The molecule has 1 heterocycles. The number of rotatable bonds is 4. The van der Waals surface area contributed by atoms with Gasteiger partial charge in [0.05, 0.1) is 0 Å². The molecule has 0 aliphatic carbocycles. The molecule has 2 aromatic rings. The van der Waals surface area contributed by atoms with E-state index in [9.17, 15) is 12.8 Å². The average molecular weight is 345 g/mol. The maximum absolute atomic E-state index is 13.4. The highest BCUT2D eigenvalue weighted by molar-refractivity contribution is 9.08. The number of anilines is 1. The highest BCUT2D eigenvalue weighted by Crippen LogP contribution is 2.17. The minimum Gasteiger partial charge on any atom is -0.278 e. The number of nitrogens with zero attached hydrogens (tertiary/aromatic N) is 1. The topological polar surface area (TPSA) is 59.1 Å². The van der Waals surface area contributed by atoms with Crippen molar-refractivity contribution in [2.24, 2.45) is 0 Å². The van der Waals surface area contributed by atoms with Gasteiger partial charge in [0, 0.05) is 17.2 Å². The van der Waals surface area contributed by atoms with Crippen LogP contribution in [0.2, 0.25) is 0 Å². The number of halogens is 2. The fourth-order valence-electron chi connectivity index (χ4n) is 1.43. The molecule has 19 heavy (non-hydrogen) atoms. The summed E-state index contributed by atoms with van der Waals surface area (Å²) in [4.78, 5) is 3.55. The number of nitrogens with one attached hydrogen (secondary N) is 1. The second-order valence-electron chi connectivity index (χ2n) is 3.73. The van der Waals surface area contributed by atoms with E-state index in [2.05, 4.69) is 25.6 Å². The molecule has 100 valence electrons. The monoisotopic (exact) mass is 344 g/mol. The standard InChI is InChI=1S/C12H10BrFN2O2S/c13-8-9-3-5-10(6-4-9)16-19(17,18)12-11(14)2-1-7-15-12/h1-7,16H,8H2. The molecule has 0 saturated carbocycles. The first-order valence-corrected chi connectivity index (χ1v) is 7.91. The minimum absolute atomic E-state index is 0.356. The number of pyridine rings is 1. The second-order valence-corrected chi connectivity index (χ2v) is 5.88. The Morgan fingerprint density at radius 1 is 1.21 bits per heavy atom. The minimum atomic E-state index is -4.01. The zero-order valence-electron chi connectivity index (χ0n) is 9.68. The Balaban J connectivity index is 2.28. The third kappa shape index (κ3) is 3.30. The summed E-state index contributed by atoms with van der Waals surface area (Å²) in [6, 6.07) is 9.13. The lowest BCUT2D eigenvalue weighted by atomic mass is 10.2. The van der Waals surface area contributed by atoms with Crippen LogP contribution in [0.1, 0.15) is 5.56 Å². The average Bonchev–Trinajstić information content (AvgIpc) is 2.39. The van der Waals surface area contributed by atoms with Gasteiger partial charge in [-0.15, -0.1) is 0 Å². The Bertz CT molecular complexity index is 674. The summed E-state index contributed by atoms with van der Waals surface area (Å²) in [5.41, 5.74) is 1.36. The molecule has 7 heteroatoms. The van der Waals surface area contributed by atoms with Crippen LogP contribution < -0.4 is 4.72 Å². The Kier molecular flexibility index (Phi) is 4.16. The largest absolute Gasteiger partial charge is 0.282 e. The van der Waals surface area contributed by atoms with Crippen LogP contribution in [0.4, 0.5) is 10.1 Å². The van der Waals surface area contributed by atoms with Crippen molar-refractivity contribution in [1.29, 1.82) is 0 Å². The highest BCUT2D eigenvalue weighted by Gasteiger charge is 2.20. The molecule has 0 amide bonds. The van der Waals surface area contributed by atoms with E-state index in [1.54, 1.807) is 24.3 Å². The Hall–Kier alpha value is -1.47. The van der Waals surface area contributed by atoms with Gasteiger partial charge in [0.15, 0.2) is 5.82 Å². The summed E-state index contributed by atoms with van der Waals surface area (Å²) in [6.07, 6.45) is 1.23. The fourth-order valence-corrected chi connectivity index (χ4v) is 2.88. The fraction of sp³-hybridized carbons (Fsp3) is 0.0833. The lowest BCUT2D eigenvalue weighted by Gasteiger charge is -2.08. The van der Waals surface area contributed by atoms with Crippen LogP contribution >= 0.6 is 15.9 Å². The first-order valence-electron chi connectivity index (χ1n) is 5.31. The third-order valence-corrected chi connectivity index (χ3v) is 4.30. The summed E-state index contributed by atoms with van der Waals surface area (Å²) in [5.74, 6) is -0.882. The van der Waals surface area contributed by atoms with Crippen LogP contribution in [0.5, 0.6) is 0 Å². The van der Waals surface area contributed by atoms with Crippen LogP contribution in [-0.2, 0) is 15.4 Å². The van der Waals surface area contributed by atoms with E-state index in [1.165, 1.54) is 12.3 Å². The van der Waals surface area contributed by atoms with Gasteiger partial charge in [0.1, 0.15) is 0 Å². The maximum atomic E-state index is 13.4. The van der Waals surface area contributed by atoms with Gasteiger partial charge in [-0.1, -0.05) is 28.1 Å². The molecule has 1 aromatic heterocycles. The van der Waals surface area contributed by atoms with Gasteiger partial charge in [-0.05, 0) is 29.8 Å². The summed E-state index contributed by atoms with van der Waals surface area (Å²) in [7, 11) is -4.01. The van der Waals surface area contributed by atoms with E-state index in [0.29, 0.717) is 11.0 Å². The molecule has 0 saturated heterocycles. The first-order chi connectivity index (χ1) is 9.03. The smallest absolute Gasteiger partial charge is 0.278 e. The molecule has 0 atom stereocenters. The molecule has 4 nitrogen and oxygen atoms in total. The second kappa shape index (κ2) is 5.66. The van der Waals surface area contributed by atoms with E-state index in [4.69, 9.17) is 0 Å². The maximum Gasteiger partial charge on any atom is 0.282 e. The lowest BCUT2D eigenvalue weighted by molar-refractivity contribution is 0.557. The molecule has 2 rings (SSSR count). The molecule has 0 aliphatic rings. The van der Waals surface area contributed by atoms with Gasteiger partial charge < -0.3 is 0 Å². The van der Waals surface area contributed by atoms with E-state index < -0.39 is 20.9 Å². The van der Waals surface area contributed by atoms with Gasteiger partial charge >= 0.3 is 0 Å². The molecule has 0 aliphatic heterocycles. The van der Waals surface area contributed by atoms with Crippen LogP contribution in [0, 0.1) is 5.82 Å². The molecule has 0 unspecified atom stereocenters. The molecule has 0 radical (unpaired) electrons. The molecular formula is C12H10BrFN2O2S. The molecule has 0 bridgehead atoms. The van der Waals surface area contributed by atoms with Crippen molar-refractivity contribution in [1.82, 2.24) is 4.98 Å². The predicted molar refractivity (Wildman–Crippen MR) is 74.1 cm³/mol. The summed E-state index contributed by atoms with van der Waals surface area (Å²) < 4.78 is 39.6. The molecular weight excluding hydrogens is 335 g/mol. The molecule has 1 aromatic carbocycles. The predicted octanol–water partition coefficient (Wildman–Crippen LogP) is 2.92. The summed E-state index contributed by atoms with van der Waals surface area (Å²) >= 11 is 3.29. The summed E-state index contributed by atoms with van der Waals surface area (Å²) in [6.45, 7) is 0. The molecule has 0 fully saturated rings. The van der Waals surface area contributed by atoms with Crippen molar-refractivity contribution in [3.05, 3.63) is 54.0 Å². The number of benzene rings is 1. The third-order valence-electron chi connectivity index (χ3n) is 2.34. The Labute approximate surface area is 118 Å². The zero-order valence-corrected chi connectivity index (χ0v) is 12.1. The van der Waals surface area contributed by atoms with Crippen molar-refractivity contribution < 1.29 is 12.8 Å². The molecule has 0 spiro atoms. The number of hydrogen-bond donors (Lipinski definition) is 1. The lowest BCUT2D eigenvalue weighted by Crippen LogP contribution is -2.16. The summed E-state index contributed by atoms with van der Waals surface area (Å²) in [5, 5.41) is 0.0640. The van der Waals surface area contributed by atoms with Crippen molar-refractivity contribution in [2.75, 3.05) is 4.72 Å². The Morgan fingerprint density at radius 3 is 2.47 bits per heavy atom. The van der Waals surface area contributed by atoms with Crippen molar-refractivity contribution >= 4 is 31.6 Å². The number of aromatic nitrogens is 1. The SMILES string of the molecule is O=S(=O)(Nc1ccc(CBr)cc1)c1ncccc1F. The van der Waals surface area contributed by atoms with Crippen LogP contribution in [-0.4, -0.2) is 13.4 Å². The first kappa shape index (κ1) is 14.0. The van der Waals surface area contributed by atoms with E-state index in [1.807, 2.05) is 0 Å². The van der Waals surface area contributed by atoms with Gasteiger partial charge in [-0.25, -0.2) is 9.37 Å². The highest BCUT2D eigenvalue weighted by atomic mass is 79.9. The van der Waals surface area contributed by atoms with E-state index in [0.717, 1.165) is 11.6 Å². The quantitative estimate of drug-likeness (QED) is 0.867. The number of sulfonamides is 1. The number of alkyl halides is 1. The van der Waals surface area contributed by atoms with E-state index in [-0.39, 0.29) is 0 Å². The van der Waals surface area contributed by atoms with Gasteiger partial charge in [-0.3, -0.25) is 4.72 Å². The van der Waals surface area contributed by atoms with Crippen LogP contribution in [0.25, 0.3) is 0 Å². The van der Waals surface area contributed by atoms with Gasteiger partial charge in [0.2, 0.25) is 5.03 Å². The number of hydrogen-bond acceptors (Lipinski definition) is 3. The van der Waals surface area contributed by atoms with E-state index >= 15 is 0 Å². The van der Waals surface area contributed by atoms with Crippen molar-refractivity contribution in [3.63, 3.8) is 0 Å². The van der Waals surface area contributed by atoms with Crippen LogP contribution in [0.15, 0.2) is 47.6 Å². The van der Waals surface area contributed by atoms with Crippen molar-refractivity contribution in [3.8, 4) is 0 Å². The van der Waals surface area contributed by atoms with Crippen molar-refractivity contribution in [2.45, 2.75) is 10.4 Å². The van der Waals surface area contributed by atoms with Gasteiger partial charge in [-0.2, -0.15) is 8.42 Å². The normalized spacial score (nSPS) is 11.3. The Morgan fingerprint density at radius 2 is 1.89 bits per heavy atom. The van der Waals surface area contributed by atoms with Crippen LogP contribution in [0.3, 0.4) is 0 Å². The zero-order chi connectivity index (χ0) is 13.9.